The van der Waals surface area contributed by atoms with Gasteiger partial charge in [0.2, 0.25) is 0 Å². The van der Waals surface area contributed by atoms with E-state index in [2.05, 4.69) is 11.4 Å². The van der Waals surface area contributed by atoms with E-state index in [0.717, 1.165) is 24.8 Å². The zero-order valence-electron chi connectivity index (χ0n) is 12.8. The molecule has 1 aliphatic rings. The molecule has 3 nitrogen and oxygen atoms in total. The molecule has 1 atom stereocenters. The van der Waals surface area contributed by atoms with Crippen LogP contribution in [0.3, 0.4) is 0 Å². The van der Waals surface area contributed by atoms with E-state index >= 15 is 0 Å². The minimum absolute atomic E-state index is 0.277. The Labute approximate surface area is 126 Å². The molecule has 114 valence electrons. The Hall–Kier alpha value is -1.60. The van der Waals surface area contributed by atoms with Gasteiger partial charge in [0.25, 0.3) is 0 Å². The van der Waals surface area contributed by atoms with E-state index in [-0.39, 0.29) is 5.82 Å². The first-order chi connectivity index (χ1) is 10.0. The maximum atomic E-state index is 13.1. The lowest BCUT2D eigenvalue weighted by Gasteiger charge is -2.23. The number of nitrogens with one attached hydrogen (secondary N) is 1. The third-order valence-corrected chi connectivity index (χ3v) is 3.83. The SMILES string of the molecule is Cc1ccc(F)cc1OCCCCC(C)(C#N)NC1CC1. The molecule has 1 N–H and O–H groups in total. The third-order valence-electron chi connectivity index (χ3n) is 3.83. The van der Waals surface area contributed by atoms with Gasteiger partial charge < -0.3 is 4.74 Å². The average molecular weight is 290 g/mol. The van der Waals surface area contributed by atoms with Crippen molar-refractivity contribution in [2.45, 2.75) is 57.5 Å². The van der Waals surface area contributed by atoms with Crippen LogP contribution in [0.5, 0.6) is 5.75 Å². The Balaban J connectivity index is 1.69. The molecule has 0 radical (unpaired) electrons. The van der Waals surface area contributed by atoms with E-state index in [1.807, 2.05) is 13.8 Å². The Morgan fingerprint density at radius 2 is 2.19 bits per heavy atom. The number of aryl methyl sites for hydroxylation is 1. The van der Waals surface area contributed by atoms with Crippen molar-refractivity contribution in [2.24, 2.45) is 0 Å². The standard InChI is InChI=1S/C17H23FN2O/c1-13-5-6-14(18)11-16(13)21-10-4-3-9-17(2,12-19)20-15-7-8-15/h5-6,11,15,20H,3-4,7-10H2,1-2H3. The molecule has 1 aliphatic carbocycles. The maximum Gasteiger partial charge on any atom is 0.126 e. The normalized spacial score (nSPS) is 17.0. The molecule has 0 spiro atoms. The van der Waals surface area contributed by atoms with Gasteiger partial charge in [0.05, 0.1) is 12.7 Å². The summed E-state index contributed by atoms with van der Waals surface area (Å²) in [6.45, 7) is 4.42. The first-order valence-corrected chi connectivity index (χ1v) is 7.60. The van der Waals surface area contributed by atoms with Gasteiger partial charge in [-0.3, -0.25) is 5.32 Å². The predicted molar refractivity (Wildman–Crippen MR) is 80.7 cm³/mol. The second-order valence-corrected chi connectivity index (χ2v) is 6.08. The summed E-state index contributed by atoms with van der Waals surface area (Å²) < 4.78 is 18.7. The van der Waals surface area contributed by atoms with Gasteiger partial charge in [0.1, 0.15) is 17.1 Å². The van der Waals surface area contributed by atoms with Crippen LogP contribution in [0.1, 0.15) is 44.6 Å². The minimum Gasteiger partial charge on any atom is -0.493 e. The Bertz CT molecular complexity index is 522. The van der Waals surface area contributed by atoms with Crippen LogP contribution in [-0.4, -0.2) is 18.2 Å². The number of unbranched alkanes of at least 4 members (excludes halogenated alkanes) is 1. The molecule has 0 bridgehead atoms. The first kappa shape index (κ1) is 15.8. The first-order valence-electron chi connectivity index (χ1n) is 7.60. The van der Waals surface area contributed by atoms with Crippen LogP contribution >= 0.6 is 0 Å². The number of ether oxygens (including phenoxy) is 1. The molecule has 1 aromatic rings. The Kier molecular flexibility index (Phi) is 5.19. The summed E-state index contributed by atoms with van der Waals surface area (Å²) in [7, 11) is 0. The summed E-state index contributed by atoms with van der Waals surface area (Å²) in [5, 5.41) is 12.7. The highest BCUT2D eigenvalue weighted by Crippen LogP contribution is 2.25. The van der Waals surface area contributed by atoms with Gasteiger partial charge in [0.15, 0.2) is 0 Å². The lowest BCUT2D eigenvalue weighted by Crippen LogP contribution is -2.42. The van der Waals surface area contributed by atoms with Crippen molar-refractivity contribution in [2.75, 3.05) is 6.61 Å². The zero-order valence-corrected chi connectivity index (χ0v) is 12.8. The van der Waals surface area contributed by atoms with Gasteiger partial charge in [0, 0.05) is 12.1 Å². The number of rotatable bonds is 8. The molecule has 21 heavy (non-hydrogen) atoms. The monoisotopic (exact) mass is 290 g/mol. The van der Waals surface area contributed by atoms with Crippen molar-refractivity contribution in [3.8, 4) is 11.8 Å². The molecule has 1 unspecified atom stereocenters. The number of hydrogen-bond donors (Lipinski definition) is 1. The van der Waals surface area contributed by atoms with E-state index in [9.17, 15) is 9.65 Å². The van der Waals surface area contributed by atoms with E-state index in [1.54, 1.807) is 6.07 Å². The largest absolute Gasteiger partial charge is 0.493 e. The number of nitriles is 1. The number of halogens is 1. The highest BCUT2D eigenvalue weighted by Gasteiger charge is 2.31. The third kappa shape index (κ3) is 5.02. The Morgan fingerprint density at radius 1 is 1.43 bits per heavy atom. The molecular weight excluding hydrogens is 267 g/mol. The van der Waals surface area contributed by atoms with Gasteiger partial charge in [-0.25, -0.2) is 4.39 Å². The highest BCUT2D eigenvalue weighted by atomic mass is 19.1. The van der Waals surface area contributed by atoms with Gasteiger partial charge in [-0.05, 0) is 57.6 Å². The zero-order chi connectivity index (χ0) is 15.3. The van der Waals surface area contributed by atoms with Gasteiger partial charge in [-0.15, -0.1) is 0 Å². The molecule has 4 heteroatoms. The molecule has 0 amide bonds. The summed E-state index contributed by atoms with van der Waals surface area (Å²) in [4.78, 5) is 0. The molecule has 0 aromatic heterocycles. The molecule has 1 aromatic carbocycles. The molecule has 1 fully saturated rings. The highest BCUT2D eigenvalue weighted by molar-refractivity contribution is 5.32. The fourth-order valence-corrected chi connectivity index (χ4v) is 2.33. The van der Waals surface area contributed by atoms with Crippen LogP contribution in [0.25, 0.3) is 0 Å². The molecule has 2 rings (SSSR count). The quantitative estimate of drug-likeness (QED) is 0.742. The predicted octanol–water partition coefficient (Wildman–Crippen LogP) is 3.72. The van der Waals surface area contributed by atoms with Gasteiger partial charge in [-0.2, -0.15) is 5.26 Å². The molecule has 0 aliphatic heterocycles. The molecule has 0 saturated heterocycles. The minimum atomic E-state index is -0.435. The smallest absolute Gasteiger partial charge is 0.126 e. The summed E-state index contributed by atoms with van der Waals surface area (Å²) in [6.07, 6.45) is 4.95. The van der Waals surface area contributed by atoms with Crippen molar-refractivity contribution in [3.05, 3.63) is 29.6 Å². The summed E-state index contributed by atoms with van der Waals surface area (Å²) in [5.74, 6) is 0.329. The van der Waals surface area contributed by atoms with Crippen LogP contribution in [0, 0.1) is 24.1 Å². The summed E-state index contributed by atoms with van der Waals surface area (Å²) in [5.41, 5.74) is 0.504. The summed E-state index contributed by atoms with van der Waals surface area (Å²) >= 11 is 0. The van der Waals surface area contributed by atoms with Crippen LogP contribution in [-0.2, 0) is 0 Å². The second-order valence-electron chi connectivity index (χ2n) is 6.08. The second kappa shape index (κ2) is 6.91. The number of nitrogens with zero attached hydrogens (tertiary/aromatic N) is 1. The van der Waals surface area contributed by atoms with Crippen LogP contribution in [0.2, 0.25) is 0 Å². The average Bonchev–Trinajstić information content (AvgIpc) is 3.26. The van der Waals surface area contributed by atoms with Crippen LogP contribution in [0.4, 0.5) is 4.39 Å². The van der Waals surface area contributed by atoms with Gasteiger partial charge >= 0.3 is 0 Å². The van der Waals surface area contributed by atoms with Crippen LogP contribution in [0.15, 0.2) is 18.2 Å². The van der Waals surface area contributed by atoms with Crippen molar-refractivity contribution in [3.63, 3.8) is 0 Å². The van der Waals surface area contributed by atoms with Crippen molar-refractivity contribution in [1.29, 1.82) is 5.26 Å². The molecule has 1 saturated carbocycles. The van der Waals surface area contributed by atoms with E-state index < -0.39 is 5.54 Å². The van der Waals surface area contributed by atoms with E-state index in [4.69, 9.17) is 4.74 Å². The number of benzene rings is 1. The van der Waals surface area contributed by atoms with E-state index in [0.29, 0.717) is 18.4 Å². The lowest BCUT2D eigenvalue weighted by atomic mass is 9.96. The molecule has 0 heterocycles. The topological polar surface area (TPSA) is 45.0 Å². The van der Waals surface area contributed by atoms with Crippen molar-refractivity contribution < 1.29 is 9.13 Å². The number of hydrogen-bond acceptors (Lipinski definition) is 3. The lowest BCUT2D eigenvalue weighted by molar-refractivity contribution is 0.292. The Morgan fingerprint density at radius 3 is 2.86 bits per heavy atom. The fourth-order valence-electron chi connectivity index (χ4n) is 2.33. The van der Waals surface area contributed by atoms with Gasteiger partial charge in [-0.1, -0.05) is 6.07 Å². The van der Waals surface area contributed by atoms with E-state index in [1.165, 1.54) is 25.0 Å². The van der Waals surface area contributed by atoms with Crippen molar-refractivity contribution in [1.82, 2.24) is 5.32 Å². The van der Waals surface area contributed by atoms with Crippen LogP contribution < -0.4 is 10.1 Å². The summed E-state index contributed by atoms with van der Waals surface area (Å²) in [6, 6.07) is 7.48. The maximum absolute atomic E-state index is 13.1. The van der Waals surface area contributed by atoms with Crippen molar-refractivity contribution >= 4 is 0 Å². The molecular formula is C17H23FN2O. The fraction of sp³-hybridized carbons (Fsp3) is 0.588.